The van der Waals surface area contributed by atoms with Gasteiger partial charge in [-0.25, -0.2) is 0 Å². The SMILES string of the molecule is CN1CC[NH2+]CC1COc1ccc2c(c1)C(=O)N(C1CCC(=O)NC1=O)C2=O. The molecule has 9 heteroatoms. The maximum Gasteiger partial charge on any atom is 0.262 e. The van der Waals surface area contributed by atoms with E-state index in [9.17, 15) is 19.2 Å². The van der Waals surface area contributed by atoms with Gasteiger partial charge in [0.15, 0.2) is 0 Å². The zero-order valence-electron chi connectivity index (χ0n) is 15.6. The first-order valence-electron chi connectivity index (χ1n) is 9.46. The molecule has 3 N–H and O–H groups in total. The lowest BCUT2D eigenvalue weighted by Gasteiger charge is -2.30. The number of nitrogens with two attached hydrogens (primary N) is 1. The van der Waals surface area contributed by atoms with Crippen LogP contribution in [0.4, 0.5) is 0 Å². The minimum Gasteiger partial charge on any atom is -0.492 e. The summed E-state index contributed by atoms with van der Waals surface area (Å²) in [6.07, 6.45) is 0.244. The van der Waals surface area contributed by atoms with Crippen molar-refractivity contribution in [3.05, 3.63) is 29.3 Å². The van der Waals surface area contributed by atoms with Crippen molar-refractivity contribution < 1.29 is 29.2 Å². The van der Waals surface area contributed by atoms with Gasteiger partial charge in [-0.15, -0.1) is 0 Å². The monoisotopic (exact) mass is 387 g/mol. The van der Waals surface area contributed by atoms with E-state index in [1.807, 2.05) is 0 Å². The number of carbonyl (C=O) groups is 4. The van der Waals surface area contributed by atoms with E-state index in [4.69, 9.17) is 4.74 Å². The van der Waals surface area contributed by atoms with Crippen molar-refractivity contribution in [2.75, 3.05) is 33.3 Å². The molecule has 28 heavy (non-hydrogen) atoms. The van der Waals surface area contributed by atoms with Crippen LogP contribution in [-0.2, 0) is 9.59 Å². The van der Waals surface area contributed by atoms with Crippen LogP contribution in [0.2, 0.25) is 0 Å². The highest BCUT2D eigenvalue weighted by Crippen LogP contribution is 2.30. The predicted molar refractivity (Wildman–Crippen MR) is 96.7 cm³/mol. The molecule has 2 saturated heterocycles. The number of rotatable bonds is 4. The molecule has 3 aliphatic heterocycles. The molecule has 0 saturated carbocycles. The smallest absolute Gasteiger partial charge is 0.262 e. The van der Waals surface area contributed by atoms with E-state index in [1.165, 1.54) is 0 Å². The molecule has 9 nitrogen and oxygen atoms in total. The number of quaternary nitrogens is 1. The number of hydrogen-bond donors (Lipinski definition) is 2. The number of carbonyl (C=O) groups excluding carboxylic acids is 4. The van der Waals surface area contributed by atoms with E-state index >= 15 is 0 Å². The number of piperidine rings is 1. The zero-order valence-corrected chi connectivity index (χ0v) is 15.6. The van der Waals surface area contributed by atoms with E-state index in [1.54, 1.807) is 18.2 Å². The molecule has 0 bridgehead atoms. The molecule has 3 aliphatic rings. The highest BCUT2D eigenvalue weighted by Gasteiger charge is 2.44. The van der Waals surface area contributed by atoms with Gasteiger partial charge in [-0.3, -0.25) is 34.3 Å². The summed E-state index contributed by atoms with van der Waals surface area (Å²) in [5.41, 5.74) is 0.487. The Labute approximate surface area is 162 Å². The molecule has 2 unspecified atom stereocenters. The summed E-state index contributed by atoms with van der Waals surface area (Å²) >= 11 is 0. The molecule has 1 aromatic carbocycles. The van der Waals surface area contributed by atoms with Gasteiger partial charge in [0.2, 0.25) is 11.8 Å². The summed E-state index contributed by atoms with van der Waals surface area (Å²) < 4.78 is 5.87. The van der Waals surface area contributed by atoms with Crippen molar-refractivity contribution in [3.63, 3.8) is 0 Å². The van der Waals surface area contributed by atoms with Gasteiger partial charge in [-0.05, 0) is 31.7 Å². The van der Waals surface area contributed by atoms with Gasteiger partial charge in [-0.1, -0.05) is 0 Å². The summed E-state index contributed by atoms with van der Waals surface area (Å²) in [6, 6.07) is 4.12. The number of benzene rings is 1. The zero-order chi connectivity index (χ0) is 19.8. The Morgan fingerprint density at radius 3 is 2.71 bits per heavy atom. The number of ether oxygens (including phenoxy) is 1. The van der Waals surface area contributed by atoms with E-state index in [2.05, 4.69) is 22.6 Å². The van der Waals surface area contributed by atoms with Gasteiger partial charge in [0.05, 0.1) is 30.3 Å². The van der Waals surface area contributed by atoms with Crippen LogP contribution in [0.25, 0.3) is 0 Å². The summed E-state index contributed by atoms with van der Waals surface area (Å²) in [5.74, 6) is -1.52. The van der Waals surface area contributed by atoms with Crippen LogP contribution in [0.1, 0.15) is 33.6 Å². The van der Waals surface area contributed by atoms with Crippen LogP contribution in [0, 0.1) is 0 Å². The van der Waals surface area contributed by atoms with Crippen molar-refractivity contribution in [1.82, 2.24) is 15.1 Å². The molecule has 4 amide bonds. The maximum atomic E-state index is 12.8. The van der Waals surface area contributed by atoms with Crippen LogP contribution >= 0.6 is 0 Å². The maximum absolute atomic E-state index is 12.8. The third-order valence-corrected chi connectivity index (χ3v) is 5.60. The fraction of sp³-hybridized carbons (Fsp3) is 0.474. The number of imide groups is 2. The molecule has 0 spiro atoms. The summed E-state index contributed by atoms with van der Waals surface area (Å²) in [5, 5.41) is 4.44. The van der Waals surface area contributed by atoms with Crippen molar-refractivity contribution in [2.24, 2.45) is 0 Å². The van der Waals surface area contributed by atoms with Crippen molar-refractivity contribution in [3.8, 4) is 5.75 Å². The number of nitrogens with zero attached hydrogens (tertiary/aromatic N) is 2. The van der Waals surface area contributed by atoms with Crippen LogP contribution < -0.4 is 15.4 Å². The predicted octanol–water partition coefficient (Wildman–Crippen LogP) is -1.66. The standard InChI is InChI=1S/C19H22N4O5/c1-22-7-6-20-9-11(22)10-28-12-2-3-13-14(8-12)19(27)23(18(13)26)15-4-5-16(24)21-17(15)25/h2-3,8,11,15,20H,4-7,9-10H2,1H3,(H,21,24,25)/p+1. The largest absolute Gasteiger partial charge is 0.492 e. The highest BCUT2D eigenvalue weighted by atomic mass is 16.5. The number of likely N-dealkylation sites (N-methyl/N-ethyl adjacent to an activating group) is 1. The number of hydrogen-bond acceptors (Lipinski definition) is 6. The van der Waals surface area contributed by atoms with Gasteiger partial charge in [0.1, 0.15) is 18.4 Å². The van der Waals surface area contributed by atoms with Crippen LogP contribution in [0.3, 0.4) is 0 Å². The quantitative estimate of drug-likeness (QED) is 0.599. The minimum atomic E-state index is -0.958. The van der Waals surface area contributed by atoms with Gasteiger partial charge < -0.3 is 10.1 Å². The highest BCUT2D eigenvalue weighted by molar-refractivity contribution is 6.23. The van der Waals surface area contributed by atoms with Crippen molar-refractivity contribution in [1.29, 1.82) is 0 Å². The number of piperazine rings is 1. The third-order valence-electron chi connectivity index (χ3n) is 5.60. The fourth-order valence-corrected chi connectivity index (χ4v) is 3.90. The Hall–Kier alpha value is -2.78. The fourth-order valence-electron chi connectivity index (χ4n) is 3.90. The Morgan fingerprint density at radius 2 is 1.96 bits per heavy atom. The molecule has 0 radical (unpaired) electrons. The van der Waals surface area contributed by atoms with Crippen LogP contribution in [0.5, 0.6) is 5.75 Å². The van der Waals surface area contributed by atoms with Crippen molar-refractivity contribution in [2.45, 2.75) is 24.9 Å². The average molecular weight is 387 g/mol. The molecular formula is C19H23N4O5+. The Balaban J connectivity index is 1.49. The van der Waals surface area contributed by atoms with Crippen LogP contribution in [-0.4, -0.2) is 78.8 Å². The lowest BCUT2D eigenvalue weighted by atomic mass is 10.0. The van der Waals surface area contributed by atoms with Crippen LogP contribution in [0.15, 0.2) is 18.2 Å². The topological polar surface area (TPSA) is 113 Å². The van der Waals surface area contributed by atoms with E-state index in [0.29, 0.717) is 12.4 Å². The number of fused-ring (bicyclic) bond motifs is 1. The average Bonchev–Trinajstić information content (AvgIpc) is 2.92. The summed E-state index contributed by atoms with van der Waals surface area (Å²) in [4.78, 5) is 52.1. The summed E-state index contributed by atoms with van der Waals surface area (Å²) in [6.45, 7) is 3.50. The van der Waals surface area contributed by atoms with E-state index < -0.39 is 29.7 Å². The first kappa shape index (κ1) is 18.6. The molecule has 2 atom stereocenters. The summed E-state index contributed by atoms with van der Waals surface area (Å²) in [7, 11) is 2.06. The molecule has 1 aromatic rings. The Morgan fingerprint density at radius 1 is 1.18 bits per heavy atom. The van der Waals surface area contributed by atoms with Gasteiger partial charge >= 0.3 is 0 Å². The molecule has 148 valence electrons. The number of nitrogens with one attached hydrogen (secondary N) is 1. The second-order valence-corrected chi connectivity index (χ2v) is 7.41. The lowest BCUT2D eigenvalue weighted by molar-refractivity contribution is -0.668. The molecule has 4 rings (SSSR count). The lowest BCUT2D eigenvalue weighted by Crippen LogP contribution is -2.91. The number of amides is 4. The third kappa shape index (κ3) is 3.27. The van der Waals surface area contributed by atoms with E-state index in [-0.39, 0.29) is 30.0 Å². The first-order chi connectivity index (χ1) is 13.5. The first-order valence-corrected chi connectivity index (χ1v) is 9.46. The van der Waals surface area contributed by atoms with Gasteiger partial charge in [0, 0.05) is 13.0 Å². The van der Waals surface area contributed by atoms with Gasteiger partial charge in [0.25, 0.3) is 11.8 Å². The molecule has 3 heterocycles. The van der Waals surface area contributed by atoms with Crippen molar-refractivity contribution >= 4 is 23.6 Å². The molecule has 0 aliphatic carbocycles. The minimum absolute atomic E-state index is 0.101. The Kier molecular flexibility index (Phi) is 4.86. The normalized spacial score (nSPS) is 25.7. The molecular weight excluding hydrogens is 364 g/mol. The second-order valence-electron chi connectivity index (χ2n) is 7.41. The molecule has 0 aromatic heterocycles. The molecule has 2 fully saturated rings. The second kappa shape index (κ2) is 7.33. The van der Waals surface area contributed by atoms with E-state index in [0.717, 1.165) is 24.5 Å². The van der Waals surface area contributed by atoms with Gasteiger partial charge in [-0.2, -0.15) is 0 Å². The Bertz CT molecular complexity index is 855.